The van der Waals surface area contributed by atoms with Crippen molar-refractivity contribution >= 4 is 55.2 Å². The van der Waals surface area contributed by atoms with Crippen molar-refractivity contribution in [1.29, 1.82) is 0 Å². The molecule has 61 heavy (non-hydrogen) atoms. The summed E-state index contributed by atoms with van der Waals surface area (Å²) < 4.78 is 146. The number of alkyl halides is 6. The third-order valence-electron chi connectivity index (χ3n) is 11.1. The molecule has 12 nitrogen and oxygen atoms in total. The van der Waals surface area contributed by atoms with Crippen molar-refractivity contribution in [2.75, 3.05) is 11.0 Å². The van der Waals surface area contributed by atoms with Gasteiger partial charge in [-0.05, 0) is 78.6 Å². The maximum atomic E-state index is 15.5. The van der Waals surface area contributed by atoms with E-state index in [1.807, 2.05) is 0 Å². The molecule has 320 valence electrons. The molecule has 3 aliphatic rings. The van der Waals surface area contributed by atoms with Crippen LogP contribution in [0.1, 0.15) is 77.5 Å². The molecule has 0 unspecified atom stereocenters. The Kier molecular flexibility index (Phi) is 9.72. The monoisotopic (exact) mass is 894 g/mol. The summed E-state index contributed by atoms with van der Waals surface area (Å²) in [6, 6.07) is 8.17. The number of benzene rings is 3. The summed E-state index contributed by atoms with van der Waals surface area (Å²) in [6.45, 7) is -2.16. The van der Waals surface area contributed by atoms with Crippen molar-refractivity contribution in [2.45, 2.75) is 75.4 Å². The minimum Gasteiger partial charge on any atom is -0.344 e. The largest absolute Gasteiger partial charge is 0.344 e. The molecule has 22 heteroatoms. The Bertz CT molecular complexity index is 2970. The van der Waals surface area contributed by atoms with Crippen LogP contribution in [0.3, 0.4) is 0 Å². The molecule has 1 amide bonds. The van der Waals surface area contributed by atoms with Crippen LogP contribution in [0.2, 0.25) is 5.02 Å². The molecule has 3 aliphatic carbocycles. The van der Waals surface area contributed by atoms with Crippen LogP contribution in [0.5, 0.6) is 0 Å². The van der Waals surface area contributed by atoms with E-state index >= 15 is 8.78 Å². The second-order valence-corrected chi connectivity index (χ2v) is 17.7. The number of carbonyl (C=O) groups is 1. The quantitative estimate of drug-likeness (QED) is 0.114. The average Bonchev–Trinajstić information content (AvgIpc) is 4.07. The fraction of sp³-hybridized carbons (Fsp3) is 0.359. The van der Waals surface area contributed by atoms with E-state index in [9.17, 15) is 44.3 Å². The smallest absolute Gasteiger partial charge is 0.293 e. The lowest BCUT2D eigenvalue weighted by Gasteiger charge is -2.24. The van der Waals surface area contributed by atoms with Crippen molar-refractivity contribution < 1.29 is 48.3 Å². The molecule has 2 N–H and O–H groups in total. The first-order chi connectivity index (χ1) is 28.8. The first-order valence-electron chi connectivity index (χ1n) is 18.8. The lowest BCUT2D eigenvalue weighted by molar-refractivity contribution is -0.123. The topological polar surface area (TPSA) is 146 Å². The van der Waals surface area contributed by atoms with Gasteiger partial charge in [0.2, 0.25) is 15.9 Å². The standard InChI is InChI=1S/C39H31ClF8N8O4S/c1-61(59,60)53-36-31-24(40)6-7-27(33(31)54(52-36)14-28(43)44)56-37(50-25-11-18(17-2-3-17)4-5-21(25)38(56)58)26(10-16-8-19(41)12-20(42)9-16)49-29(57)15-55-34-30(32(51-55)35(45)46)22-13-23(22)39(34,47)48/h4-9,11-12,17,22-23,26,28,35H,2-3,10,13-15H2,1H3,(H,49,57)(H,52,53)/t22-,23+,26-/m0/s1. The van der Waals surface area contributed by atoms with Gasteiger partial charge in [0.1, 0.15) is 41.9 Å². The molecular weight excluding hydrogens is 864 g/mol. The molecule has 0 radical (unpaired) electrons. The fourth-order valence-electron chi connectivity index (χ4n) is 8.43. The van der Waals surface area contributed by atoms with Crippen LogP contribution in [0, 0.1) is 17.6 Å². The number of rotatable bonds is 13. The summed E-state index contributed by atoms with van der Waals surface area (Å²) in [5.74, 6) is -9.50. The van der Waals surface area contributed by atoms with Crippen LogP contribution in [0.15, 0.2) is 53.3 Å². The Morgan fingerprint density at radius 3 is 2.38 bits per heavy atom. The van der Waals surface area contributed by atoms with E-state index in [-0.39, 0.29) is 61.8 Å². The highest BCUT2D eigenvalue weighted by molar-refractivity contribution is 7.92. The predicted molar refractivity (Wildman–Crippen MR) is 205 cm³/mol. The molecule has 9 rings (SSSR count). The van der Waals surface area contributed by atoms with E-state index in [0.29, 0.717) is 10.7 Å². The van der Waals surface area contributed by atoms with E-state index in [4.69, 9.17) is 16.6 Å². The zero-order valence-electron chi connectivity index (χ0n) is 31.5. The summed E-state index contributed by atoms with van der Waals surface area (Å²) in [4.78, 5) is 33.7. The fourth-order valence-corrected chi connectivity index (χ4v) is 9.17. The van der Waals surface area contributed by atoms with Gasteiger partial charge in [-0.3, -0.25) is 28.2 Å². The van der Waals surface area contributed by atoms with Crippen LogP contribution in [-0.2, 0) is 40.3 Å². The zero-order valence-corrected chi connectivity index (χ0v) is 33.0. The van der Waals surface area contributed by atoms with E-state index < -0.39 is 106 Å². The molecule has 3 aromatic carbocycles. The number of halogens is 9. The number of carbonyl (C=O) groups excluding carboxylic acids is 1. The molecule has 0 aliphatic heterocycles. The summed E-state index contributed by atoms with van der Waals surface area (Å²) in [5.41, 5.74) is -2.58. The van der Waals surface area contributed by atoms with Crippen LogP contribution in [0.4, 0.5) is 40.9 Å². The second-order valence-electron chi connectivity index (χ2n) is 15.5. The molecule has 2 saturated carbocycles. The van der Waals surface area contributed by atoms with Gasteiger partial charge in [-0.2, -0.15) is 19.0 Å². The number of aromatic nitrogens is 6. The maximum absolute atomic E-state index is 15.5. The Morgan fingerprint density at radius 1 is 1.00 bits per heavy atom. The van der Waals surface area contributed by atoms with Gasteiger partial charge in [0.15, 0.2) is 5.82 Å². The molecule has 0 bridgehead atoms. The van der Waals surface area contributed by atoms with Crippen LogP contribution in [0.25, 0.3) is 27.5 Å². The first kappa shape index (κ1) is 40.8. The number of amides is 1. The molecule has 3 heterocycles. The summed E-state index contributed by atoms with van der Waals surface area (Å²) in [6.07, 6.45) is -4.38. The molecule has 2 fully saturated rings. The normalized spacial score (nSPS) is 18.6. The molecular formula is C39H31ClF8N8O4S. The number of hydrogen-bond donors (Lipinski definition) is 2. The third kappa shape index (κ3) is 7.38. The highest BCUT2D eigenvalue weighted by atomic mass is 35.5. The molecule has 3 aromatic heterocycles. The minimum absolute atomic E-state index is 0.0000327. The zero-order chi connectivity index (χ0) is 43.4. The average molecular weight is 895 g/mol. The Morgan fingerprint density at radius 2 is 1.72 bits per heavy atom. The van der Waals surface area contributed by atoms with Gasteiger partial charge in [0.25, 0.3) is 24.3 Å². The number of hydrogen-bond acceptors (Lipinski definition) is 7. The van der Waals surface area contributed by atoms with E-state index in [1.54, 1.807) is 12.1 Å². The number of nitrogens with zero attached hydrogens (tertiary/aromatic N) is 6. The number of fused-ring (bicyclic) bond motifs is 5. The molecule has 0 saturated heterocycles. The van der Waals surface area contributed by atoms with E-state index in [0.717, 1.165) is 46.0 Å². The lowest BCUT2D eigenvalue weighted by Crippen LogP contribution is -2.38. The highest BCUT2D eigenvalue weighted by Gasteiger charge is 2.67. The third-order valence-corrected chi connectivity index (χ3v) is 12.0. The summed E-state index contributed by atoms with van der Waals surface area (Å²) >= 11 is 6.55. The Labute approximate surface area is 344 Å². The van der Waals surface area contributed by atoms with Crippen molar-refractivity contribution in [3.8, 4) is 5.69 Å². The van der Waals surface area contributed by atoms with Crippen LogP contribution in [-0.4, -0.2) is 56.1 Å². The van der Waals surface area contributed by atoms with Crippen LogP contribution >= 0.6 is 11.6 Å². The summed E-state index contributed by atoms with van der Waals surface area (Å²) in [5, 5.41) is 9.97. The van der Waals surface area contributed by atoms with Gasteiger partial charge >= 0.3 is 0 Å². The summed E-state index contributed by atoms with van der Waals surface area (Å²) in [7, 11) is -4.10. The van der Waals surface area contributed by atoms with E-state index in [1.165, 1.54) is 18.2 Å². The van der Waals surface area contributed by atoms with Crippen molar-refractivity contribution in [3.63, 3.8) is 0 Å². The minimum atomic E-state index is -4.10. The Balaban J connectivity index is 1.26. The highest BCUT2D eigenvalue weighted by Crippen LogP contribution is 2.68. The van der Waals surface area contributed by atoms with Gasteiger partial charge in [-0.25, -0.2) is 39.7 Å². The van der Waals surface area contributed by atoms with Gasteiger partial charge in [0.05, 0.1) is 44.8 Å². The van der Waals surface area contributed by atoms with Gasteiger partial charge in [-0.1, -0.05) is 17.7 Å². The molecule has 0 spiro atoms. The number of anilines is 1. The van der Waals surface area contributed by atoms with Gasteiger partial charge < -0.3 is 5.32 Å². The molecule has 6 aromatic rings. The lowest BCUT2D eigenvalue weighted by atomic mass is 10.0. The SMILES string of the molecule is CS(=O)(=O)Nc1nn(CC(F)F)c2c(-n3c([C@H](Cc4cc(F)cc(F)c4)NC(=O)Cn4nc(C(F)F)c5c4C(F)(F)[C@@H]4C[C@H]54)nc4cc(C5CC5)ccc4c3=O)ccc(Cl)c12. The number of sulfonamides is 1. The molecule has 3 atom stereocenters. The van der Waals surface area contributed by atoms with Crippen molar-refractivity contribution in [3.05, 3.63) is 109 Å². The van der Waals surface area contributed by atoms with Crippen molar-refractivity contribution in [1.82, 2.24) is 34.4 Å². The second kappa shape index (κ2) is 14.5. The van der Waals surface area contributed by atoms with Gasteiger partial charge in [-0.15, -0.1) is 0 Å². The van der Waals surface area contributed by atoms with Crippen LogP contribution < -0.4 is 15.6 Å². The maximum Gasteiger partial charge on any atom is 0.293 e. The van der Waals surface area contributed by atoms with E-state index in [2.05, 4.69) is 20.2 Å². The first-order valence-corrected chi connectivity index (χ1v) is 21.1. The number of nitrogens with one attached hydrogen (secondary N) is 2. The van der Waals surface area contributed by atoms with Gasteiger partial charge in [0, 0.05) is 24.0 Å². The predicted octanol–water partition coefficient (Wildman–Crippen LogP) is 7.62. The Hall–Kier alpha value is -5.57. The van der Waals surface area contributed by atoms with Crippen molar-refractivity contribution in [2.24, 2.45) is 5.92 Å².